The zero-order valence-electron chi connectivity index (χ0n) is 12.1. The molecule has 2 aromatic carbocycles. The summed E-state index contributed by atoms with van der Waals surface area (Å²) in [6.07, 6.45) is 1.77. The normalized spacial score (nSPS) is 12.1. The highest BCUT2D eigenvalue weighted by molar-refractivity contribution is 7.09. The van der Waals surface area contributed by atoms with E-state index in [0.717, 1.165) is 5.00 Å². The molecule has 0 aliphatic heterocycles. The molecule has 0 spiro atoms. The molecule has 1 aromatic heterocycles. The Labute approximate surface area is 128 Å². The second-order valence-electron chi connectivity index (χ2n) is 5.13. The largest absolute Gasteiger partial charge is 0.363 e. The molecule has 0 aliphatic carbocycles. The van der Waals surface area contributed by atoms with Crippen molar-refractivity contribution in [3.63, 3.8) is 0 Å². The molecule has 0 amide bonds. The molecule has 4 heteroatoms. The van der Waals surface area contributed by atoms with Crippen LogP contribution in [0, 0.1) is 13.8 Å². The van der Waals surface area contributed by atoms with Gasteiger partial charge in [0.05, 0.1) is 12.2 Å². The average molecular weight is 295 g/mol. The van der Waals surface area contributed by atoms with Crippen LogP contribution in [0.5, 0.6) is 0 Å². The smallest absolute Gasteiger partial charge is 0.130 e. The quantitative estimate of drug-likeness (QED) is 0.777. The Morgan fingerprint density at radius 2 is 1.86 bits per heavy atom. The van der Waals surface area contributed by atoms with Gasteiger partial charge in [0.25, 0.3) is 0 Å². The van der Waals surface area contributed by atoms with Gasteiger partial charge in [0.2, 0.25) is 0 Å². The van der Waals surface area contributed by atoms with E-state index < -0.39 is 0 Å². The van der Waals surface area contributed by atoms with Crippen molar-refractivity contribution in [3.05, 3.63) is 77.0 Å². The molecule has 0 radical (unpaired) electrons. The first kappa shape index (κ1) is 13.8. The summed E-state index contributed by atoms with van der Waals surface area (Å²) >= 11 is 1.38. The third kappa shape index (κ3) is 3.11. The molecular formula is C17H17N3S. The Morgan fingerprint density at radius 3 is 2.57 bits per heavy atom. The number of aryl methyl sites for hydroxylation is 2. The lowest BCUT2D eigenvalue weighted by Crippen LogP contribution is -2.13. The number of benzene rings is 2. The van der Waals surface area contributed by atoms with Gasteiger partial charge in [-0.25, -0.2) is 0 Å². The summed E-state index contributed by atoms with van der Waals surface area (Å²) in [5.41, 5.74) is 5.06. The highest BCUT2D eigenvalue weighted by atomic mass is 32.1. The Bertz CT molecular complexity index is 708. The van der Waals surface area contributed by atoms with E-state index in [1.807, 2.05) is 6.07 Å². The first-order valence-corrected chi connectivity index (χ1v) is 7.67. The minimum Gasteiger partial charge on any atom is -0.363 e. The molecule has 3 nitrogen and oxygen atoms in total. The van der Waals surface area contributed by atoms with E-state index >= 15 is 0 Å². The van der Waals surface area contributed by atoms with Crippen molar-refractivity contribution >= 4 is 16.5 Å². The van der Waals surface area contributed by atoms with Crippen LogP contribution in [0.25, 0.3) is 0 Å². The van der Waals surface area contributed by atoms with E-state index in [0.29, 0.717) is 0 Å². The average Bonchev–Trinajstić information content (AvgIpc) is 3.01. The summed E-state index contributed by atoms with van der Waals surface area (Å²) in [5, 5.41) is 8.44. The number of nitrogens with one attached hydrogen (secondary N) is 1. The van der Waals surface area contributed by atoms with Gasteiger partial charge in [-0.1, -0.05) is 58.6 Å². The van der Waals surface area contributed by atoms with Gasteiger partial charge in [-0.05, 0) is 30.5 Å². The lowest BCUT2D eigenvalue weighted by atomic mass is 9.93. The zero-order valence-corrected chi connectivity index (χ0v) is 12.9. The van der Waals surface area contributed by atoms with Crippen molar-refractivity contribution in [2.24, 2.45) is 0 Å². The Kier molecular flexibility index (Phi) is 3.97. The summed E-state index contributed by atoms with van der Waals surface area (Å²) in [5.74, 6) is 0. The van der Waals surface area contributed by atoms with E-state index in [1.54, 1.807) is 6.20 Å². The molecule has 0 saturated carbocycles. The second-order valence-corrected chi connectivity index (χ2v) is 5.92. The number of aromatic nitrogens is 2. The van der Waals surface area contributed by atoms with Crippen LogP contribution >= 0.6 is 11.5 Å². The van der Waals surface area contributed by atoms with Gasteiger partial charge in [-0.15, -0.1) is 5.10 Å². The standard InChI is InChI=1S/C17H17N3S/c1-12-8-9-13(2)15(10-12)17(14-6-4-3-5-7-14)19-16-11-18-20-21-16/h3-11,17,19H,1-2H3. The first-order chi connectivity index (χ1) is 10.2. The topological polar surface area (TPSA) is 37.8 Å². The molecule has 0 aliphatic rings. The molecule has 1 atom stereocenters. The minimum atomic E-state index is 0.105. The van der Waals surface area contributed by atoms with E-state index in [4.69, 9.17) is 0 Å². The number of nitrogens with zero attached hydrogens (tertiary/aromatic N) is 2. The zero-order chi connectivity index (χ0) is 14.7. The molecule has 21 heavy (non-hydrogen) atoms. The minimum absolute atomic E-state index is 0.105. The highest BCUT2D eigenvalue weighted by Gasteiger charge is 2.17. The molecule has 0 bridgehead atoms. The van der Waals surface area contributed by atoms with Crippen molar-refractivity contribution in [1.29, 1.82) is 0 Å². The Balaban J connectivity index is 2.05. The fourth-order valence-corrected chi connectivity index (χ4v) is 2.88. The number of hydrogen-bond acceptors (Lipinski definition) is 4. The van der Waals surface area contributed by atoms with Gasteiger partial charge in [0.15, 0.2) is 0 Å². The number of anilines is 1. The van der Waals surface area contributed by atoms with E-state index in [-0.39, 0.29) is 6.04 Å². The predicted octanol–water partition coefficient (Wildman–Crippen LogP) is 4.36. The van der Waals surface area contributed by atoms with Gasteiger partial charge in [-0.3, -0.25) is 0 Å². The highest BCUT2D eigenvalue weighted by Crippen LogP contribution is 2.30. The van der Waals surface area contributed by atoms with Gasteiger partial charge in [0, 0.05) is 11.5 Å². The van der Waals surface area contributed by atoms with Crippen LogP contribution in [0.2, 0.25) is 0 Å². The molecular weight excluding hydrogens is 278 g/mol. The van der Waals surface area contributed by atoms with Crippen LogP contribution in [0.15, 0.2) is 54.7 Å². The lowest BCUT2D eigenvalue weighted by molar-refractivity contribution is 0.927. The lowest BCUT2D eigenvalue weighted by Gasteiger charge is -2.22. The summed E-state index contributed by atoms with van der Waals surface area (Å²) in [6.45, 7) is 4.27. The van der Waals surface area contributed by atoms with Crippen LogP contribution in [-0.2, 0) is 0 Å². The van der Waals surface area contributed by atoms with E-state index in [9.17, 15) is 0 Å². The maximum absolute atomic E-state index is 3.93. The van der Waals surface area contributed by atoms with Gasteiger partial charge in [-0.2, -0.15) is 0 Å². The molecule has 0 saturated heterocycles. The number of hydrogen-bond donors (Lipinski definition) is 1. The molecule has 1 heterocycles. The van der Waals surface area contributed by atoms with Gasteiger partial charge in [0.1, 0.15) is 5.00 Å². The van der Waals surface area contributed by atoms with Crippen LogP contribution in [0.4, 0.5) is 5.00 Å². The summed E-state index contributed by atoms with van der Waals surface area (Å²) in [6, 6.07) is 17.1. The SMILES string of the molecule is Cc1ccc(C)c(C(Nc2cnns2)c2ccccc2)c1. The van der Waals surface area contributed by atoms with Crippen molar-refractivity contribution in [1.82, 2.24) is 9.59 Å². The monoisotopic (exact) mass is 295 g/mol. The fraction of sp³-hybridized carbons (Fsp3) is 0.176. The summed E-state index contributed by atoms with van der Waals surface area (Å²) in [7, 11) is 0. The molecule has 0 fully saturated rings. The third-order valence-electron chi connectivity index (χ3n) is 3.53. The molecule has 106 valence electrons. The molecule has 3 aromatic rings. The number of rotatable bonds is 4. The molecule has 1 N–H and O–H groups in total. The Hall–Kier alpha value is -2.20. The predicted molar refractivity (Wildman–Crippen MR) is 87.7 cm³/mol. The van der Waals surface area contributed by atoms with Crippen molar-refractivity contribution in [3.8, 4) is 0 Å². The van der Waals surface area contributed by atoms with Crippen LogP contribution < -0.4 is 5.32 Å². The van der Waals surface area contributed by atoms with Crippen LogP contribution in [-0.4, -0.2) is 9.59 Å². The maximum Gasteiger partial charge on any atom is 0.130 e. The van der Waals surface area contributed by atoms with E-state index in [1.165, 1.54) is 33.8 Å². The van der Waals surface area contributed by atoms with Crippen LogP contribution in [0.3, 0.4) is 0 Å². The van der Waals surface area contributed by atoms with E-state index in [2.05, 4.69) is 71.2 Å². The van der Waals surface area contributed by atoms with Crippen molar-refractivity contribution < 1.29 is 0 Å². The second kappa shape index (κ2) is 6.06. The van der Waals surface area contributed by atoms with Crippen molar-refractivity contribution in [2.45, 2.75) is 19.9 Å². The molecule has 1 unspecified atom stereocenters. The first-order valence-electron chi connectivity index (χ1n) is 6.90. The summed E-state index contributed by atoms with van der Waals surface area (Å²) < 4.78 is 3.93. The fourth-order valence-electron chi connectivity index (χ4n) is 2.43. The van der Waals surface area contributed by atoms with Gasteiger partial charge < -0.3 is 5.32 Å². The maximum atomic E-state index is 3.93. The van der Waals surface area contributed by atoms with Gasteiger partial charge >= 0.3 is 0 Å². The van der Waals surface area contributed by atoms with Crippen LogP contribution in [0.1, 0.15) is 28.3 Å². The van der Waals surface area contributed by atoms with Crippen molar-refractivity contribution in [2.75, 3.05) is 5.32 Å². The Morgan fingerprint density at radius 1 is 1.05 bits per heavy atom. The molecule has 3 rings (SSSR count). The summed E-state index contributed by atoms with van der Waals surface area (Å²) in [4.78, 5) is 0. The third-order valence-corrected chi connectivity index (χ3v) is 4.12.